The fraction of sp³-hybridized carbons (Fsp3) is 0.405. The third-order valence-electron chi connectivity index (χ3n) is 10.0. The zero-order valence-electron chi connectivity index (χ0n) is 31.7. The van der Waals surface area contributed by atoms with E-state index in [9.17, 15) is 4.79 Å². The Morgan fingerprint density at radius 2 is 1.06 bits per heavy atom. The van der Waals surface area contributed by atoms with E-state index in [4.69, 9.17) is 26.6 Å². The molecule has 0 amide bonds. The normalized spacial score (nSPS) is 14.3. The molecule has 5 nitrogen and oxygen atoms in total. The Morgan fingerprint density at radius 3 is 1.39 bits per heavy atom. The van der Waals surface area contributed by atoms with Crippen molar-refractivity contribution in [1.82, 2.24) is 0 Å². The van der Waals surface area contributed by atoms with Crippen LogP contribution in [0.5, 0.6) is 0 Å². The van der Waals surface area contributed by atoms with E-state index in [0.717, 1.165) is 0 Å². The van der Waals surface area contributed by atoms with Crippen LogP contribution in [0.1, 0.15) is 61.3 Å². The number of hydrogen-bond acceptors (Lipinski definition) is 5. The van der Waals surface area contributed by atoms with Crippen molar-refractivity contribution < 1.29 is 46.5 Å². The molecule has 0 saturated heterocycles. The van der Waals surface area contributed by atoms with Crippen molar-refractivity contribution in [3.05, 3.63) is 121 Å². The molecule has 0 spiro atoms. The van der Waals surface area contributed by atoms with Crippen LogP contribution < -0.4 is 20.7 Å². The Kier molecular flexibility index (Phi) is 15.3. The first kappa shape index (κ1) is 41.6. The van der Waals surface area contributed by atoms with Gasteiger partial charge in [0.15, 0.2) is 0 Å². The first-order valence-corrected chi connectivity index (χ1v) is 31.9. The van der Waals surface area contributed by atoms with E-state index < -0.39 is 40.0 Å². The molecule has 0 aliphatic carbocycles. The molecule has 0 unspecified atom stereocenters. The molecule has 0 saturated carbocycles. The second-order valence-corrected chi connectivity index (χ2v) is 31.4. The van der Waals surface area contributed by atoms with Gasteiger partial charge in [-0.15, -0.1) is 0 Å². The molecular formula is C42H55ClHgO5Si2. The standard InChI is InChI=1S/C42H55O5Si2.ClH.Hg/c1-9-45-40(43)31-30-34(44-8)32-35(47-49(42(5,6)7,38-26-18-12-19-27-38)39-28-20-13-21-29-39)33-46-48(41(2,3)4,36-22-14-10-15-23-36)37-24-16-11-17-25-37;;/h10-29,32,34-35H,9,30-31,33H2,1-8H3;1H;/q;;+1/p-1/t34-,35-;;/m1../s1. The van der Waals surface area contributed by atoms with Crippen LogP contribution in [-0.2, 0) is 46.5 Å². The van der Waals surface area contributed by atoms with Gasteiger partial charge in [-0.05, 0) is 0 Å². The van der Waals surface area contributed by atoms with E-state index in [0.29, 0.717) is 19.6 Å². The second kappa shape index (κ2) is 18.8. The quantitative estimate of drug-likeness (QED) is 0.0798. The van der Waals surface area contributed by atoms with Gasteiger partial charge in [-0.2, -0.15) is 0 Å². The summed E-state index contributed by atoms with van der Waals surface area (Å²) in [6.45, 7) is 16.3. The topological polar surface area (TPSA) is 54.0 Å². The van der Waals surface area contributed by atoms with E-state index in [-0.39, 0.29) is 38.1 Å². The molecule has 0 N–H and O–H groups in total. The van der Waals surface area contributed by atoms with Crippen LogP contribution in [0.3, 0.4) is 0 Å². The number of hydrogen-bond donors (Lipinski definition) is 0. The summed E-state index contributed by atoms with van der Waals surface area (Å²) in [5, 5.41) is 4.35. The fourth-order valence-electron chi connectivity index (χ4n) is 7.57. The van der Waals surface area contributed by atoms with Crippen LogP contribution in [-0.4, -0.2) is 55.1 Å². The number of methoxy groups -OCH3 is 1. The summed E-state index contributed by atoms with van der Waals surface area (Å²) in [7, 11) is 2.98. The van der Waals surface area contributed by atoms with E-state index in [1.54, 1.807) is 7.11 Å². The zero-order valence-corrected chi connectivity index (χ0v) is 40.0. The first-order chi connectivity index (χ1) is 24.4. The molecule has 0 bridgehead atoms. The second-order valence-electron chi connectivity index (χ2n) is 15.2. The predicted molar refractivity (Wildman–Crippen MR) is 212 cm³/mol. The Labute approximate surface area is 324 Å². The van der Waals surface area contributed by atoms with Crippen molar-refractivity contribution in [1.29, 1.82) is 0 Å². The van der Waals surface area contributed by atoms with E-state index in [1.165, 1.54) is 20.7 Å². The molecule has 0 aliphatic heterocycles. The molecule has 9 heteroatoms. The van der Waals surface area contributed by atoms with Crippen LogP contribution in [0.2, 0.25) is 13.5 Å². The van der Waals surface area contributed by atoms with Crippen molar-refractivity contribution in [3.8, 4) is 0 Å². The van der Waals surface area contributed by atoms with E-state index in [1.807, 2.05) is 6.92 Å². The van der Waals surface area contributed by atoms with Gasteiger partial charge in [0.1, 0.15) is 0 Å². The third kappa shape index (κ3) is 9.53. The van der Waals surface area contributed by atoms with Gasteiger partial charge in [-0.3, -0.25) is 0 Å². The van der Waals surface area contributed by atoms with Gasteiger partial charge in [0, 0.05) is 0 Å². The maximum atomic E-state index is 12.6. The maximum absolute atomic E-state index is 12.6. The van der Waals surface area contributed by atoms with Crippen LogP contribution >= 0.6 is 8.25 Å². The van der Waals surface area contributed by atoms with Gasteiger partial charge < -0.3 is 0 Å². The average molecular weight is 932 g/mol. The van der Waals surface area contributed by atoms with Crippen LogP contribution in [0.4, 0.5) is 0 Å². The molecule has 0 aliphatic rings. The minimum atomic E-state index is -3.04. The summed E-state index contributed by atoms with van der Waals surface area (Å²) in [6, 6.07) is 42.9. The van der Waals surface area contributed by atoms with Crippen molar-refractivity contribution in [2.45, 2.75) is 87.0 Å². The first-order valence-electron chi connectivity index (χ1n) is 18.1. The summed E-state index contributed by atoms with van der Waals surface area (Å²) < 4.78 is 27.1. The number of carbonyl (C=O) groups is 1. The Bertz CT molecular complexity index is 1540. The van der Waals surface area contributed by atoms with Gasteiger partial charge in [0.2, 0.25) is 0 Å². The number of rotatable bonds is 17. The molecule has 270 valence electrons. The van der Waals surface area contributed by atoms with Crippen LogP contribution in [0, 0.1) is 0 Å². The fourth-order valence-corrected chi connectivity index (χ4v) is 25.2. The molecular weight excluding hydrogens is 877 g/mol. The number of halogens is 1. The van der Waals surface area contributed by atoms with E-state index in [2.05, 4.69) is 163 Å². The summed E-state index contributed by atoms with van der Waals surface area (Å²) >= 11 is -2.24. The van der Waals surface area contributed by atoms with Gasteiger partial charge >= 0.3 is 327 Å². The predicted octanol–water partition coefficient (Wildman–Crippen LogP) is 7.89. The third-order valence-corrected chi connectivity index (χ3v) is 28.7. The van der Waals surface area contributed by atoms with Crippen LogP contribution in [0.25, 0.3) is 0 Å². The van der Waals surface area contributed by atoms with Crippen LogP contribution in [0.15, 0.2) is 121 Å². The molecule has 0 fully saturated rings. The molecule has 4 aromatic rings. The number of carbonyl (C=O) groups excluding carboxylic acids is 1. The zero-order chi connectivity index (χ0) is 37.1. The van der Waals surface area contributed by atoms with Crippen molar-refractivity contribution in [2.75, 3.05) is 20.3 Å². The number of esters is 1. The number of ether oxygens (including phenoxy) is 2. The average Bonchev–Trinajstić information content (AvgIpc) is 3.12. The van der Waals surface area contributed by atoms with E-state index >= 15 is 0 Å². The molecule has 3 atom stereocenters. The number of benzene rings is 4. The Morgan fingerprint density at radius 1 is 0.667 bits per heavy atom. The summed E-state index contributed by atoms with van der Waals surface area (Å²) in [5.41, 5.74) is 0. The minimum absolute atomic E-state index is 0.0778. The van der Waals surface area contributed by atoms with Gasteiger partial charge in [-0.25, -0.2) is 0 Å². The molecule has 4 aromatic carbocycles. The monoisotopic (exact) mass is 932 g/mol. The Hall–Kier alpha value is -2.11. The Balaban J connectivity index is 1.95. The molecule has 51 heavy (non-hydrogen) atoms. The molecule has 0 aromatic heterocycles. The van der Waals surface area contributed by atoms with Gasteiger partial charge in [0.05, 0.1) is 0 Å². The molecule has 4 rings (SSSR count). The van der Waals surface area contributed by atoms with Gasteiger partial charge in [-0.1, -0.05) is 0 Å². The van der Waals surface area contributed by atoms with Crippen molar-refractivity contribution >= 4 is 51.6 Å². The molecule has 0 heterocycles. The molecule has 0 radical (unpaired) electrons. The van der Waals surface area contributed by atoms with Crippen molar-refractivity contribution in [2.24, 2.45) is 0 Å². The van der Waals surface area contributed by atoms with Gasteiger partial charge in [0.25, 0.3) is 0 Å². The van der Waals surface area contributed by atoms with Crippen molar-refractivity contribution in [3.63, 3.8) is 0 Å². The summed E-state index contributed by atoms with van der Waals surface area (Å²) in [6.07, 6.45) is 0.102. The SMILES string of the molecule is CCOC(=O)CC[C@@H](OC)[C@H]([Hg][Cl])[C@H](CO[Si](c1ccccc1)(c1ccccc1)C(C)(C)C)O[Si](c1ccccc1)(c1ccccc1)C(C)(C)C. The summed E-state index contributed by atoms with van der Waals surface area (Å²) in [4.78, 5) is 12.6. The summed E-state index contributed by atoms with van der Waals surface area (Å²) in [5.74, 6) is -0.224.